The fourth-order valence-corrected chi connectivity index (χ4v) is 0.763. The van der Waals surface area contributed by atoms with Crippen molar-refractivity contribution < 1.29 is 9.32 Å². The Bertz CT molecular complexity index is 379. The van der Waals surface area contributed by atoms with E-state index in [4.69, 9.17) is 0 Å². The van der Waals surface area contributed by atoms with E-state index in [1.807, 2.05) is 0 Å². The highest BCUT2D eigenvalue weighted by Crippen LogP contribution is 1.94. The molecule has 1 amide bonds. The molecule has 0 aliphatic heterocycles. The molecule has 2 aromatic rings. The quantitative estimate of drug-likeness (QED) is 0.680. The molecule has 0 aromatic carbocycles. The van der Waals surface area contributed by atoms with Gasteiger partial charge in [0.05, 0.1) is 0 Å². The molecule has 0 aliphatic carbocycles. The molecule has 0 saturated carbocycles. The molecule has 0 aliphatic rings. The third kappa shape index (κ3) is 1.53. The molecule has 0 fully saturated rings. The lowest BCUT2D eigenvalue weighted by atomic mass is 10.4. The number of hydrogen-bond donors (Lipinski definition) is 1. The van der Waals surface area contributed by atoms with Crippen molar-refractivity contribution in [1.82, 2.24) is 20.0 Å². The van der Waals surface area contributed by atoms with E-state index >= 15 is 0 Å². The van der Waals surface area contributed by atoms with E-state index in [2.05, 4.69) is 25.3 Å². The molecule has 0 bridgehead atoms. The van der Waals surface area contributed by atoms with E-state index in [0.29, 0.717) is 0 Å². The molecule has 7 heteroatoms. The number of nitrogens with zero attached hydrogens (tertiary/aromatic N) is 4. The van der Waals surface area contributed by atoms with Crippen molar-refractivity contribution in [1.29, 1.82) is 0 Å². The highest BCUT2D eigenvalue weighted by Gasteiger charge is 2.08. The van der Waals surface area contributed by atoms with Gasteiger partial charge in [0.1, 0.15) is 18.9 Å². The first-order valence-corrected chi connectivity index (χ1v) is 3.42. The highest BCUT2D eigenvalue weighted by molar-refractivity contribution is 5.97. The van der Waals surface area contributed by atoms with Crippen molar-refractivity contribution in [3.8, 4) is 0 Å². The SMILES string of the molecule is O=C(Nn1cnnc1)c1ccon1. The standard InChI is InChI=1S/C6H5N5O2/c12-6(5-1-2-13-10-5)9-11-3-7-8-4-11/h1-4H,(H,9,12). The van der Waals surface area contributed by atoms with Crippen molar-refractivity contribution >= 4 is 5.91 Å². The van der Waals surface area contributed by atoms with Gasteiger partial charge in [-0.2, -0.15) is 0 Å². The number of amides is 1. The maximum Gasteiger partial charge on any atom is 0.292 e. The van der Waals surface area contributed by atoms with Gasteiger partial charge in [-0.25, -0.2) is 4.68 Å². The van der Waals surface area contributed by atoms with E-state index in [1.54, 1.807) is 0 Å². The van der Waals surface area contributed by atoms with Crippen molar-refractivity contribution in [2.24, 2.45) is 0 Å². The molecular formula is C6H5N5O2. The monoisotopic (exact) mass is 179 g/mol. The van der Waals surface area contributed by atoms with Crippen LogP contribution in [0.15, 0.2) is 29.5 Å². The van der Waals surface area contributed by atoms with Crippen LogP contribution < -0.4 is 5.43 Å². The lowest BCUT2D eigenvalue weighted by Gasteiger charge is -1.99. The summed E-state index contributed by atoms with van der Waals surface area (Å²) in [5.41, 5.74) is 2.66. The second kappa shape index (κ2) is 3.05. The van der Waals surface area contributed by atoms with Crippen LogP contribution in [0.3, 0.4) is 0 Å². The van der Waals surface area contributed by atoms with Crippen molar-refractivity contribution in [2.45, 2.75) is 0 Å². The summed E-state index contributed by atoms with van der Waals surface area (Å²) in [5, 5.41) is 10.5. The normalized spacial score (nSPS) is 9.85. The second-order valence-corrected chi connectivity index (χ2v) is 2.19. The van der Waals surface area contributed by atoms with Gasteiger partial charge in [-0.3, -0.25) is 10.2 Å². The Hall–Kier alpha value is -2.18. The molecule has 1 N–H and O–H groups in total. The van der Waals surface area contributed by atoms with Gasteiger partial charge in [0.2, 0.25) is 0 Å². The average molecular weight is 179 g/mol. The maximum absolute atomic E-state index is 11.3. The van der Waals surface area contributed by atoms with Crippen LogP contribution in [0.5, 0.6) is 0 Å². The Labute approximate surface area is 72.3 Å². The average Bonchev–Trinajstić information content (AvgIpc) is 2.74. The third-order valence-electron chi connectivity index (χ3n) is 1.32. The minimum atomic E-state index is -0.381. The first-order chi connectivity index (χ1) is 6.36. The molecular weight excluding hydrogens is 174 g/mol. The molecule has 2 aromatic heterocycles. The Morgan fingerprint density at radius 1 is 1.46 bits per heavy atom. The molecule has 13 heavy (non-hydrogen) atoms. The van der Waals surface area contributed by atoms with Gasteiger partial charge in [-0.1, -0.05) is 5.16 Å². The second-order valence-electron chi connectivity index (χ2n) is 2.19. The summed E-state index contributed by atoms with van der Waals surface area (Å²) in [6.07, 6.45) is 4.04. The van der Waals surface area contributed by atoms with Crippen LogP contribution in [0.2, 0.25) is 0 Å². The van der Waals surface area contributed by atoms with E-state index in [9.17, 15) is 4.79 Å². The summed E-state index contributed by atoms with van der Waals surface area (Å²) in [4.78, 5) is 11.3. The first-order valence-electron chi connectivity index (χ1n) is 3.42. The van der Waals surface area contributed by atoms with E-state index in [0.717, 1.165) is 0 Å². The van der Waals surface area contributed by atoms with Gasteiger partial charge in [0, 0.05) is 6.07 Å². The third-order valence-corrected chi connectivity index (χ3v) is 1.32. The molecule has 0 unspecified atom stereocenters. The number of aromatic nitrogens is 4. The first kappa shape index (κ1) is 7.47. The summed E-state index contributed by atoms with van der Waals surface area (Å²) < 4.78 is 5.82. The summed E-state index contributed by atoms with van der Waals surface area (Å²) in [5.74, 6) is -0.381. The zero-order valence-electron chi connectivity index (χ0n) is 6.41. The van der Waals surface area contributed by atoms with Crippen molar-refractivity contribution in [3.63, 3.8) is 0 Å². The molecule has 0 atom stereocenters. The van der Waals surface area contributed by atoms with Crippen LogP contribution in [0.4, 0.5) is 0 Å². The number of hydrogen-bond acceptors (Lipinski definition) is 5. The summed E-state index contributed by atoms with van der Waals surface area (Å²) in [6, 6.07) is 1.46. The maximum atomic E-state index is 11.3. The summed E-state index contributed by atoms with van der Waals surface area (Å²) in [6.45, 7) is 0. The zero-order chi connectivity index (χ0) is 9.10. The van der Waals surface area contributed by atoms with Crippen molar-refractivity contribution in [2.75, 3.05) is 5.43 Å². The van der Waals surface area contributed by atoms with Gasteiger partial charge < -0.3 is 4.52 Å². The molecule has 7 nitrogen and oxygen atoms in total. The number of nitrogens with one attached hydrogen (secondary N) is 1. The molecule has 2 rings (SSSR count). The minimum absolute atomic E-state index is 0.203. The van der Waals surface area contributed by atoms with Gasteiger partial charge in [-0.05, 0) is 0 Å². The van der Waals surface area contributed by atoms with Gasteiger partial charge in [0.15, 0.2) is 5.69 Å². The molecule has 66 valence electrons. The molecule has 0 radical (unpaired) electrons. The number of rotatable bonds is 2. The van der Waals surface area contributed by atoms with Gasteiger partial charge in [0.25, 0.3) is 5.91 Å². The minimum Gasteiger partial charge on any atom is -0.364 e. The summed E-state index contributed by atoms with van der Waals surface area (Å²) >= 11 is 0. The number of carbonyl (C=O) groups excluding carboxylic acids is 1. The van der Waals surface area contributed by atoms with E-state index in [1.165, 1.54) is 29.7 Å². The van der Waals surface area contributed by atoms with Crippen LogP contribution in [0, 0.1) is 0 Å². The molecule has 0 spiro atoms. The fraction of sp³-hybridized carbons (Fsp3) is 0. The highest BCUT2D eigenvalue weighted by atomic mass is 16.5. The van der Waals surface area contributed by atoms with Crippen LogP contribution in [0.1, 0.15) is 10.5 Å². The van der Waals surface area contributed by atoms with E-state index < -0.39 is 0 Å². The van der Waals surface area contributed by atoms with Crippen molar-refractivity contribution in [3.05, 3.63) is 30.7 Å². The lowest BCUT2D eigenvalue weighted by Crippen LogP contribution is -2.21. The van der Waals surface area contributed by atoms with Gasteiger partial charge in [-0.15, -0.1) is 10.2 Å². The Kier molecular flexibility index (Phi) is 1.75. The fourth-order valence-electron chi connectivity index (χ4n) is 0.763. The Morgan fingerprint density at radius 2 is 2.23 bits per heavy atom. The van der Waals surface area contributed by atoms with Crippen LogP contribution in [0.25, 0.3) is 0 Å². The lowest BCUT2D eigenvalue weighted by molar-refractivity contribution is 0.0999. The topological polar surface area (TPSA) is 85.8 Å². The Balaban J connectivity index is 2.08. The van der Waals surface area contributed by atoms with Gasteiger partial charge >= 0.3 is 0 Å². The van der Waals surface area contributed by atoms with E-state index in [-0.39, 0.29) is 11.6 Å². The zero-order valence-corrected chi connectivity index (χ0v) is 6.41. The largest absolute Gasteiger partial charge is 0.364 e. The Morgan fingerprint density at radius 3 is 2.85 bits per heavy atom. The molecule has 0 saturated heterocycles. The number of carbonyl (C=O) groups is 1. The summed E-state index contributed by atoms with van der Waals surface area (Å²) in [7, 11) is 0. The van der Waals surface area contributed by atoms with Crippen LogP contribution >= 0.6 is 0 Å². The predicted octanol–water partition coefficient (Wildman–Crippen LogP) is -0.350. The predicted molar refractivity (Wildman–Crippen MR) is 40.2 cm³/mol. The molecule has 2 heterocycles. The van der Waals surface area contributed by atoms with Crippen LogP contribution in [-0.2, 0) is 0 Å². The van der Waals surface area contributed by atoms with Crippen LogP contribution in [-0.4, -0.2) is 25.9 Å². The smallest absolute Gasteiger partial charge is 0.292 e.